The highest BCUT2D eigenvalue weighted by atomic mass is 16.5. The van der Waals surface area contributed by atoms with Gasteiger partial charge < -0.3 is 14.7 Å². The lowest BCUT2D eigenvalue weighted by Gasteiger charge is -2.35. The molecule has 0 radical (unpaired) electrons. The highest BCUT2D eigenvalue weighted by molar-refractivity contribution is 5.96. The lowest BCUT2D eigenvalue weighted by Crippen LogP contribution is -2.48. The van der Waals surface area contributed by atoms with E-state index >= 15 is 0 Å². The summed E-state index contributed by atoms with van der Waals surface area (Å²) in [4.78, 5) is 33.1. The summed E-state index contributed by atoms with van der Waals surface area (Å²) >= 11 is 0. The van der Waals surface area contributed by atoms with Gasteiger partial charge >= 0.3 is 0 Å². The van der Waals surface area contributed by atoms with Gasteiger partial charge in [0.05, 0.1) is 0 Å². The zero-order valence-electron chi connectivity index (χ0n) is 20.1. The monoisotopic (exact) mass is 481 g/mol. The van der Waals surface area contributed by atoms with Gasteiger partial charge in [-0.1, -0.05) is 47.6 Å². The summed E-state index contributed by atoms with van der Waals surface area (Å²) in [5.74, 6) is 0.885. The molecule has 182 valence electrons. The third-order valence-electron chi connectivity index (χ3n) is 6.13. The molecule has 8 nitrogen and oxygen atoms in total. The third kappa shape index (κ3) is 5.50. The van der Waals surface area contributed by atoms with Crippen molar-refractivity contribution in [2.75, 3.05) is 31.5 Å². The van der Waals surface area contributed by atoms with E-state index in [0.717, 1.165) is 36.3 Å². The molecular weight excluding hydrogens is 454 g/mol. The van der Waals surface area contributed by atoms with Crippen LogP contribution in [0.15, 0.2) is 83.4 Å². The smallest absolute Gasteiger partial charge is 0.258 e. The molecule has 0 atom stereocenters. The molecule has 1 saturated heterocycles. The maximum atomic E-state index is 13.0. The fourth-order valence-electron chi connectivity index (χ4n) is 4.33. The van der Waals surface area contributed by atoms with Crippen LogP contribution in [0.25, 0.3) is 22.8 Å². The standard InChI is InChI=1S/C28H27N5O3/c1-20(34)29-25-12-6-11-24(18-25)28(35)33-15-13-32(14-16-33)19-21-7-5-10-23(17-21)26-30-27(36-31-26)22-8-3-2-4-9-22/h2-12,17-18H,13-16,19H2,1H3,(H,29,34). The Morgan fingerprint density at radius 3 is 2.42 bits per heavy atom. The number of hydrogen-bond acceptors (Lipinski definition) is 6. The first-order valence-electron chi connectivity index (χ1n) is 11.9. The number of nitrogens with zero attached hydrogens (tertiary/aromatic N) is 4. The first kappa shape index (κ1) is 23.4. The molecule has 1 aliphatic heterocycles. The van der Waals surface area contributed by atoms with Crippen molar-refractivity contribution in [2.24, 2.45) is 0 Å². The van der Waals surface area contributed by atoms with E-state index in [1.807, 2.05) is 47.4 Å². The predicted octanol–water partition coefficient (Wildman–Crippen LogP) is 4.32. The van der Waals surface area contributed by atoms with Crippen molar-refractivity contribution in [2.45, 2.75) is 13.5 Å². The third-order valence-corrected chi connectivity index (χ3v) is 6.13. The Kier molecular flexibility index (Phi) is 6.86. The molecule has 1 fully saturated rings. The summed E-state index contributed by atoms with van der Waals surface area (Å²) in [7, 11) is 0. The quantitative estimate of drug-likeness (QED) is 0.441. The normalized spacial score (nSPS) is 14.0. The molecule has 2 heterocycles. The highest BCUT2D eigenvalue weighted by Crippen LogP contribution is 2.23. The average molecular weight is 482 g/mol. The zero-order valence-corrected chi connectivity index (χ0v) is 20.1. The summed E-state index contributed by atoms with van der Waals surface area (Å²) in [6.07, 6.45) is 0. The SMILES string of the molecule is CC(=O)Nc1cccc(C(=O)N2CCN(Cc3cccc(-c4noc(-c5ccccc5)n4)c3)CC2)c1. The van der Waals surface area contributed by atoms with Crippen LogP contribution in [0.3, 0.4) is 0 Å². The van der Waals surface area contributed by atoms with Gasteiger partial charge in [-0.2, -0.15) is 4.98 Å². The maximum absolute atomic E-state index is 13.0. The van der Waals surface area contributed by atoms with Crippen molar-refractivity contribution in [1.29, 1.82) is 0 Å². The molecule has 4 aromatic rings. The molecule has 0 aliphatic carbocycles. The first-order valence-corrected chi connectivity index (χ1v) is 11.9. The van der Waals surface area contributed by atoms with Crippen molar-refractivity contribution >= 4 is 17.5 Å². The minimum absolute atomic E-state index is 0.0184. The van der Waals surface area contributed by atoms with E-state index in [9.17, 15) is 9.59 Å². The largest absolute Gasteiger partial charge is 0.336 e. The van der Waals surface area contributed by atoms with Crippen LogP contribution in [0.2, 0.25) is 0 Å². The second-order valence-electron chi connectivity index (χ2n) is 8.82. The molecular formula is C28H27N5O3. The van der Waals surface area contributed by atoms with Crippen LogP contribution in [0.5, 0.6) is 0 Å². The van der Waals surface area contributed by atoms with Gasteiger partial charge in [-0.25, -0.2) is 0 Å². The molecule has 8 heteroatoms. The maximum Gasteiger partial charge on any atom is 0.258 e. The molecule has 0 unspecified atom stereocenters. The van der Waals surface area contributed by atoms with Gasteiger partial charge in [-0.3, -0.25) is 14.5 Å². The number of benzene rings is 3. The van der Waals surface area contributed by atoms with Gasteiger partial charge in [0.25, 0.3) is 11.8 Å². The molecule has 3 aromatic carbocycles. The molecule has 1 aromatic heterocycles. The number of amides is 2. The summed E-state index contributed by atoms with van der Waals surface area (Å²) < 4.78 is 5.46. The van der Waals surface area contributed by atoms with Crippen LogP contribution in [-0.4, -0.2) is 57.9 Å². The van der Waals surface area contributed by atoms with E-state index in [1.165, 1.54) is 6.92 Å². The summed E-state index contributed by atoms with van der Waals surface area (Å²) in [6, 6.07) is 25.0. The van der Waals surface area contributed by atoms with E-state index in [1.54, 1.807) is 24.3 Å². The van der Waals surface area contributed by atoms with Crippen LogP contribution in [0.4, 0.5) is 5.69 Å². The van der Waals surface area contributed by atoms with Gasteiger partial charge in [0.1, 0.15) is 0 Å². The predicted molar refractivity (Wildman–Crippen MR) is 137 cm³/mol. The van der Waals surface area contributed by atoms with Crippen molar-refractivity contribution in [3.05, 3.63) is 90.0 Å². The Bertz CT molecular complexity index is 1360. The zero-order chi connectivity index (χ0) is 24.9. The molecule has 0 bridgehead atoms. The molecule has 1 aliphatic rings. The summed E-state index contributed by atoms with van der Waals surface area (Å²) in [5.41, 5.74) is 4.16. The van der Waals surface area contributed by atoms with Gasteiger partial charge in [-0.05, 0) is 42.0 Å². The lowest BCUT2D eigenvalue weighted by atomic mass is 10.1. The van der Waals surface area contributed by atoms with E-state index in [0.29, 0.717) is 36.1 Å². The van der Waals surface area contributed by atoms with Crippen molar-refractivity contribution in [3.8, 4) is 22.8 Å². The highest BCUT2D eigenvalue weighted by Gasteiger charge is 2.22. The Hall–Kier alpha value is -4.30. The molecule has 0 spiro atoms. The Morgan fingerprint density at radius 1 is 0.889 bits per heavy atom. The van der Waals surface area contributed by atoms with Gasteiger partial charge in [-0.15, -0.1) is 0 Å². The van der Waals surface area contributed by atoms with Gasteiger partial charge in [0.15, 0.2) is 0 Å². The average Bonchev–Trinajstić information content (AvgIpc) is 3.40. The van der Waals surface area contributed by atoms with Crippen LogP contribution >= 0.6 is 0 Å². The van der Waals surface area contributed by atoms with Crippen LogP contribution < -0.4 is 5.32 Å². The topological polar surface area (TPSA) is 91.6 Å². The van der Waals surface area contributed by atoms with E-state index in [4.69, 9.17) is 4.52 Å². The number of hydrogen-bond donors (Lipinski definition) is 1. The molecule has 1 N–H and O–H groups in total. The minimum Gasteiger partial charge on any atom is -0.336 e. The van der Waals surface area contributed by atoms with Crippen molar-refractivity contribution in [1.82, 2.24) is 19.9 Å². The van der Waals surface area contributed by atoms with Crippen LogP contribution in [0, 0.1) is 0 Å². The Morgan fingerprint density at radius 2 is 1.64 bits per heavy atom. The second kappa shape index (κ2) is 10.5. The minimum atomic E-state index is -0.159. The van der Waals surface area contributed by atoms with Crippen LogP contribution in [0.1, 0.15) is 22.8 Å². The van der Waals surface area contributed by atoms with Crippen molar-refractivity contribution in [3.63, 3.8) is 0 Å². The number of anilines is 1. The Labute approximate surface area is 209 Å². The molecule has 5 rings (SSSR count). The van der Waals surface area contributed by atoms with Gasteiger partial charge in [0, 0.05) is 62.0 Å². The number of nitrogens with one attached hydrogen (secondary N) is 1. The van der Waals surface area contributed by atoms with E-state index in [-0.39, 0.29) is 11.8 Å². The lowest BCUT2D eigenvalue weighted by molar-refractivity contribution is -0.114. The van der Waals surface area contributed by atoms with E-state index in [2.05, 4.69) is 32.5 Å². The summed E-state index contributed by atoms with van der Waals surface area (Å²) in [5, 5.41) is 6.89. The fourth-order valence-corrected chi connectivity index (χ4v) is 4.33. The van der Waals surface area contributed by atoms with Crippen LogP contribution in [-0.2, 0) is 11.3 Å². The number of aromatic nitrogens is 2. The number of carbonyl (C=O) groups excluding carboxylic acids is 2. The molecule has 36 heavy (non-hydrogen) atoms. The summed E-state index contributed by atoms with van der Waals surface area (Å²) in [6.45, 7) is 5.08. The second-order valence-corrected chi connectivity index (χ2v) is 8.82. The molecule has 0 saturated carbocycles. The first-order chi connectivity index (χ1) is 17.5. The fraction of sp³-hybridized carbons (Fsp3) is 0.214. The van der Waals surface area contributed by atoms with Crippen molar-refractivity contribution < 1.29 is 14.1 Å². The molecule has 2 amide bonds. The number of piperazine rings is 1. The number of rotatable bonds is 6. The van der Waals surface area contributed by atoms with E-state index < -0.39 is 0 Å². The number of carbonyl (C=O) groups is 2. The van der Waals surface area contributed by atoms with Gasteiger partial charge in [0.2, 0.25) is 11.7 Å². The Balaban J connectivity index is 1.19.